The number of rotatable bonds is 6. The summed E-state index contributed by atoms with van der Waals surface area (Å²) in [5.41, 5.74) is 0. The first-order chi connectivity index (χ1) is 12.3. The highest BCUT2D eigenvalue weighted by Crippen LogP contribution is 2.41. The largest absolute Gasteiger partial charge is 0.405 e. The average molecular weight is 405 g/mol. The van der Waals surface area contributed by atoms with Crippen molar-refractivity contribution in [3.8, 4) is 10.7 Å². The van der Waals surface area contributed by atoms with Crippen LogP contribution < -0.4 is 10.6 Å². The van der Waals surface area contributed by atoms with Crippen molar-refractivity contribution in [3.05, 3.63) is 17.5 Å². The van der Waals surface area contributed by atoms with Gasteiger partial charge in [0.05, 0.1) is 10.6 Å². The highest BCUT2D eigenvalue weighted by Gasteiger charge is 2.31. The molecule has 140 valence electrons. The summed E-state index contributed by atoms with van der Waals surface area (Å²) in [6.45, 7) is -1.50. The number of amides is 3. The van der Waals surface area contributed by atoms with Crippen LogP contribution in [0.3, 0.4) is 0 Å². The van der Waals surface area contributed by atoms with E-state index in [-0.39, 0.29) is 11.8 Å². The Balaban J connectivity index is 1.56. The number of imide groups is 1. The van der Waals surface area contributed by atoms with Crippen LogP contribution in [-0.4, -0.2) is 45.2 Å². The van der Waals surface area contributed by atoms with E-state index in [1.54, 1.807) is 5.32 Å². The van der Waals surface area contributed by atoms with Gasteiger partial charge in [-0.25, -0.2) is 4.79 Å². The Hall–Kier alpha value is -2.08. The normalized spacial score (nSPS) is 14.3. The fourth-order valence-electron chi connectivity index (χ4n) is 2.13. The Kier molecular flexibility index (Phi) is 5.51. The van der Waals surface area contributed by atoms with E-state index in [1.807, 2.05) is 27.4 Å². The monoisotopic (exact) mass is 405 g/mol. The first kappa shape index (κ1) is 18.7. The van der Waals surface area contributed by atoms with Crippen molar-refractivity contribution in [1.29, 1.82) is 0 Å². The lowest BCUT2D eigenvalue weighted by Crippen LogP contribution is -2.43. The summed E-state index contributed by atoms with van der Waals surface area (Å²) in [6, 6.07) is 2.93. The predicted octanol–water partition coefficient (Wildman–Crippen LogP) is 2.82. The smallest absolute Gasteiger partial charge is 0.329 e. The highest BCUT2D eigenvalue weighted by molar-refractivity contribution is 7.99. The highest BCUT2D eigenvalue weighted by atomic mass is 32.2. The fraction of sp³-hybridized carbons (Fsp3) is 0.429. The van der Waals surface area contributed by atoms with Crippen molar-refractivity contribution in [2.75, 3.05) is 12.3 Å². The molecule has 1 fully saturated rings. The summed E-state index contributed by atoms with van der Waals surface area (Å²) in [7, 11) is 0. The molecule has 3 rings (SSSR count). The van der Waals surface area contributed by atoms with Crippen molar-refractivity contribution >= 4 is 35.0 Å². The molecule has 1 aliphatic carbocycles. The van der Waals surface area contributed by atoms with Gasteiger partial charge in [0.2, 0.25) is 5.91 Å². The molecule has 7 nitrogen and oxygen atoms in total. The van der Waals surface area contributed by atoms with E-state index in [9.17, 15) is 22.8 Å². The molecule has 2 heterocycles. The summed E-state index contributed by atoms with van der Waals surface area (Å²) in [4.78, 5) is 24.0. The molecule has 0 saturated heterocycles. The van der Waals surface area contributed by atoms with Crippen LogP contribution in [0.15, 0.2) is 22.7 Å². The van der Waals surface area contributed by atoms with Gasteiger partial charge in [-0.1, -0.05) is 17.8 Å². The minimum Gasteiger partial charge on any atom is -0.329 e. The van der Waals surface area contributed by atoms with E-state index in [2.05, 4.69) is 10.2 Å². The van der Waals surface area contributed by atoms with Crippen LogP contribution in [0.4, 0.5) is 18.0 Å². The molecule has 0 spiro atoms. The Morgan fingerprint density at radius 3 is 2.73 bits per heavy atom. The number of alkyl halides is 3. The number of halogens is 3. The van der Waals surface area contributed by atoms with E-state index >= 15 is 0 Å². The molecule has 12 heteroatoms. The first-order valence-electron chi connectivity index (χ1n) is 7.59. The van der Waals surface area contributed by atoms with Crippen LogP contribution in [0.25, 0.3) is 10.7 Å². The summed E-state index contributed by atoms with van der Waals surface area (Å²) < 4.78 is 38.0. The number of hydrogen-bond donors (Lipinski definition) is 2. The lowest BCUT2D eigenvalue weighted by atomic mass is 10.4. The van der Waals surface area contributed by atoms with Gasteiger partial charge < -0.3 is 5.32 Å². The van der Waals surface area contributed by atoms with Gasteiger partial charge in [-0.05, 0) is 24.3 Å². The van der Waals surface area contributed by atoms with Crippen molar-refractivity contribution in [3.63, 3.8) is 0 Å². The minimum absolute atomic E-state index is 0.158. The third kappa shape index (κ3) is 4.97. The molecule has 1 saturated carbocycles. The molecule has 2 aromatic rings. The van der Waals surface area contributed by atoms with E-state index in [0.29, 0.717) is 5.16 Å². The van der Waals surface area contributed by atoms with Gasteiger partial charge in [-0.2, -0.15) is 13.2 Å². The maximum absolute atomic E-state index is 12.0. The van der Waals surface area contributed by atoms with E-state index in [0.717, 1.165) is 35.3 Å². The maximum Gasteiger partial charge on any atom is 0.405 e. The van der Waals surface area contributed by atoms with Crippen molar-refractivity contribution in [1.82, 2.24) is 25.4 Å². The summed E-state index contributed by atoms with van der Waals surface area (Å²) in [5, 5.41) is 14.2. The number of carbonyl (C=O) groups is 2. The maximum atomic E-state index is 12.0. The SMILES string of the molecule is O=C(CSc1nnc(-c2cccs2)n1C1CC1)NC(=O)NCC(F)(F)F. The minimum atomic E-state index is -4.53. The van der Waals surface area contributed by atoms with Crippen LogP contribution in [-0.2, 0) is 4.79 Å². The molecule has 26 heavy (non-hydrogen) atoms. The first-order valence-corrected chi connectivity index (χ1v) is 9.46. The summed E-state index contributed by atoms with van der Waals surface area (Å²) in [6.07, 6.45) is -2.54. The van der Waals surface area contributed by atoms with Gasteiger partial charge in [0, 0.05) is 6.04 Å². The zero-order valence-corrected chi connectivity index (χ0v) is 14.9. The van der Waals surface area contributed by atoms with Gasteiger partial charge in [0.1, 0.15) is 6.54 Å². The second-order valence-electron chi connectivity index (χ2n) is 5.52. The molecule has 0 bridgehead atoms. The third-order valence-electron chi connectivity index (χ3n) is 3.35. The standard InChI is InChI=1S/C14H14F3N5O2S2/c15-14(16,17)7-18-12(24)19-10(23)6-26-13-21-20-11(9-2-1-5-25-9)22(13)8-3-4-8/h1-2,5,8H,3-4,6-7H2,(H2,18,19,23,24). The van der Waals surface area contributed by atoms with Crippen LogP contribution in [0.1, 0.15) is 18.9 Å². The van der Waals surface area contributed by atoms with E-state index in [4.69, 9.17) is 0 Å². The van der Waals surface area contributed by atoms with Crippen molar-refractivity contribution < 1.29 is 22.8 Å². The molecule has 2 N–H and O–H groups in total. The molecular weight excluding hydrogens is 391 g/mol. The van der Waals surface area contributed by atoms with E-state index in [1.165, 1.54) is 11.3 Å². The molecule has 0 aromatic carbocycles. The lowest BCUT2D eigenvalue weighted by molar-refractivity contribution is -0.124. The number of carbonyl (C=O) groups excluding carboxylic acids is 2. The molecule has 1 aliphatic rings. The van der Waals surface area contributed by atoms with Gasteiger partial charge >= 0.3 is 12.2 Å². The summed E-state index contributed by atoms with van der Waals surface area (Å²) in [5.74, 6) is -0.139. The Bertz CT molecular complexity index is 787. The number of thioether (sulfide) groups is 1. The van der Waals surface area contributed by atoms with Gasteiger partial charge in [0.25, 0.3) is 0 Å². The van der Waals surface area contributed by atoms with Gasteiger partial charge in [-0.3, -0.25) is 14.7 Å². The topological polar surface area (TPSA) is 88.9 Å². The van der Waals surface area contributed by atoms with Crippen LogP contribution in [0.5, 0.6) is 0 Å². The van der Waals surface area contributed by atoms with Crippen LogP contribution in [0.2, 0.25) is 0 Å². The molecule has 0 unspecified atom stereocenters. The van der Waals surface area contributed by atoms with Crippen molar-refractivity contribution in [2.45, 2.75) is 30.2 Å². The third-order valence-corrected chi connectivity index (χ3v) is 5.16. The zero-order chi connectivity index (χ0) is 18.7. The predicted molar refractivity (Wildman–Crippen MR) is 89.9 cm³/mol. The average Bonchev–Trinajstić information content (AvgIpc) is 3.09. The molecule has 0 atom stereocenters. The molecule has 0 aliphatic heterocycles. The number of thiophene rings is 1. The fourth-order valence-corrected chi connectivity index (χ4v) is 3.64. The van der Waals surface area contributed by atoms with Gasteiger partial charge in [0.15, 0.2) is 11.0 Å². The van der Waals surface area contributed by atoms with Crippen LogP contribution >= 0.6 is 23.1 Å². The van der Waals surface area contributed by atoms with Crippen LogP contribution in [0, 0.1) is 0 Å². The quantitative estimate of drug-likeness (QED) is 0.722. The zero-order valence-electron chi connectivity index (χ0n) is 13.2. The molecule has 3 amide bonds. The van der Waals surface area contributed by atoms with Gasteiger partial charge in [-0.15, -0.1) is 21.5 Å². The second-order valence-corrected chi connectivity index (χ2v) is 7.41. The Labute approximate surface area is 154 Å². The number of nitrogens with one attached hydrogen (secondary N) is 2. The lowest BCUT2D eigenvalue weighted by Gasteiger charge is -2.09. The van der Waals surface area contributed by atoms with Crippen molar-refractivity contribution in [2.24, 2.45) is 0 Å². The Morgan fingerprint density at radius 2 is 2.12 bits per heavy atom. The number of hydrogen-bond acceptors (Lipinski definition) is 6. The summed E-state index contributed by atoms with van der Waals surface area (Å²) >= 11 is 2.62. The second kappa shape index (κ2) is 7.66. The molecule has 2 aromatic heterocycles. The molecular formula is C14H14F3N5O2S2. The number of aromatic nitrogens is 3. The number of urea groups is 1. The molecule has 0 radical (unpaired) electrons. The van der Waals surface area contributed by atoms with E-state index < -0.39 is 24.7 Å². The Morgan fingerprint density at radius 1 is 1.35 bits per heavy atom. The number of nitrogens with zero attached hydrogens (tertiary/aromatic N) is 3.